The first-order valence-electron chi connectivity index (χ1n) is 10.4. The molecule has 0 fully saturated rings. The predicted octanol–water partition coefficient (Wildman–Crippen LogP) is 5.13. The third-order valence-corrected chi connectivity index (χ3v) is 6.96. The van der Waals surface area contributed by atoms with Crippen LogP contribution in [0, 0.1) is 0 Å². The Balaban J connectivity index is 1.11. The number of amides is 2. The highest BCUT2D eigenvalue weighted by molar-refractivity contribution is 7.99. The Hall–Kier alpha value is -3.55. The lowest BCUT2D eigenvalue weighted by molar-refractivity contribution is 0.214. The minimum absolute atomic E-state index is 0.394. The Morgan fingerprint density at radius 3 is 1.54 bits per heavy atom. The van der Waals surface area contributed by atoms with E-state index < -0.39 is 12.2 Å². The molecule has 0 radical (unpaired) electrons. The average molecular weight is 529 g/mol. The van der Waals surface area contributed by atoms with Gasteiger partial charge in [-0.2, -0.15) is 11.8 Å². The van der Waals surface area contributed by atoms with Gasteiger partial charge in [0.1, 0.15) is 21.5 Å². The molecule has 0 atom stereocenters. The first-order chi connectivity index (χ1) is 17.1. The van der Waals surface area contributed by atoms with Crippen LogP contribution in [0.5, 0.6) is 11.5 Å². The average Bonchev–Trinajstić information content (AvgIpc) is 3.49. The molecule has 0 unspecified atom stereocenters. The van der Waals surface area contributed by atoms with Crippen molar-refractivity contribution in [3.05, 3.63) is 70.7 Å². The van der Waals surface area contributed by atoms with Gasteiger partial charge in [0.05, 0.1) is 0 Å². The molecule has 35 heavy (non-hydrogen) atoms. The monoisotopic (exact) mass is 528 g/mol. The van der Waals surface area contributed by atoms with Gasteiger partial charge in [-0.15, -0.1) is 20.4 Å². The highest BCUT2D eigenvalue weighted by Gasteiger charge is 2.11. The van der Waals surface area contributed by atoms with E-state index in [1.807, 2.05) is 12.1 Å². The molecule has 13 heteroatoms. The fourth-order valence-electron chi connectivity index (χ4n) is 2.65. The molecule has 10 nitrogen and oxygen atoms in total. The molecule has 0 aliphatic heterocycles. The number of carbonyl (C=O) groups excluding carboxylic acids is 2. The molecular formula is C22H20N6O4S3. The standard InChI is InChI=1S/C22H20N6O4S3/c29-21(31-15-7-3-1-4-8-15)23-19-27-25-17(34-19)11-13-33-14-12-18-26-28-20(35-18)24-22(30)32-16-9-5-2-6-10-16/h1-10H,11-14H2,(H,23,27,29)(H,24,28,30). The molecule has 2 aromatic heterocycles. The van der Waals surface area contributed by atoms with Crippen molar-refractivity contribution in [1.82, 2.24) is 20.4 Å². The van der Waals surface area contributed by atoms with Crippen LogP contribution >= 0.6 is 34.4 Å². The fourth-order valence-corrected chi connectivity index (χ4v) is 5.24. The number of hydrogen-bond donors (Lipinski definition) is 2. The lowest BCUT2D eigenvalue weighted by Crippen LogP contribution is -2.16. The molecule has 2 N–H and O–H groups in total. The van der Waals surface area contributed by atoms with E-state index in [9.17, 15) is 9.59 Å². The van der Waals surface area contributed by atoms with Gasteiger partial charge in [0.15, 0.2) is 0 Å². The second kappa shape index (κ2) is 12.8. The number of carbonyl (C=O) groups is 2. The van der Waals surface area contributed by atoms with Crippen molar-refractivity contribution < 1.29 is 19.1 Å². The number of nitrogens with zero attached hydrogens (tertiary/aromatic N) is 4. The van der Waals surface area contributed by atoms with Crippen molar-refractivity contribution >= 4 is 56.9 Å². The van der Waals surface area contributed by atoms with Gasteiger partial charge < -0.3 is 9.47 Å². The van der Waals surface area contributed by atoms with Crippen LogP contribution in [0.4, 0.5) is 19.9 Å². The van der Waals surface area contributed by atoms with Crippen molar-refractivity contribution in [3.8, 4) is 11.5 Å². The molecule has 0 spiro atoms. The molecule has 180 valence electrons. The molecule has 0 aliphatic rings. The summed E-state index contributed by atoms with van der Waals surface area (Å²) in [5.41, 5.74) is 0. The van der Waals surface area contributed by atoms with E-state index >= 15 is 0 Å². The van der Waals surface area contributed by atoms with Crippen LogP contribution in [0.3, 0.4) is 0 Å². The van der Waals surface area contributed by atoms with Crippen LogP contribution in [0.25, 0.3) is 0 Å². The maximum atomic E-state index is 11.9. The number of hydrogen-bond acceptors (Lipinski definition) is 11. The van der Waals surface area contributed by atoms with Crippen molar-refractivity contribution in [1.29, 1.82) is 0 Å². The second-order valence-corrected chi connectivity index (χ2v) is 10.1. The fraction of sp³-hybridized carbons (Fsp3) is 0.182. The number of rotatable bonds is 10. The van der Waals surface area contributed by atoms with Gasteiger partial charge in [-0.3, -0.25) is 10.6 Å². The zero-order valence-electron chi connectivity index (χ0n) is 18.2. The van der Waals surface area contributed by atoms with Crippen LogP contribution in [-0.2, 0) is 12.8 Å². The minimum atomic E-state index is -0.604. The van der Waals surface area contributed by atoms with E-state index in [1.165, 1.54) is 22.7 Å². The second-order valence-electron chi connectivity index (χ2n) is 6.77. The van der Waals surface area contributed by atoms with Gasteiger partial charge in [0.2, 0.25) is 10.3 Å². The van der Waals surface area contributed by atoms with Crippen LogP contribution in [0.15, 0.2) is 60.7 Å². The number of aromatic nitrogens is 4. The molecule has 0 saturated carbocycles. The zero-order valence-corrected chi connectivity index (χ0v) is 20.7. The lowest BCUT2D eigenvalue weighted by atomic mass is 10.3. The topological polar surface area (TPSA) is 128 Å². The van der Waals surface area contributed by atoms with Crippen molar-refractivity contribution in [2.45, 2.75) is 12.8 Å². The SMILES string of the molecule is O=C(Nc1nnc(CCSCCc2nnc(NC(=O)Oc3ccccc3)s2)s1)Oc1ccccc1. The maximum absolute atomic E-state index is 11.9. The normalized spacial score (nSPS) is 10.5. The van der Waals surface area contributed by atoms with Gasteiger partial charge in [-0.05, 0) is 35.8 Å². The van der Waals surface area contributed by atoms with Gasteiger partial charge in [-0.1, -0.05) is 59.1 Å². The van der Waals surface area contributed by atoms with Gasteiger partial charge >= 0.3 is 12.2 Å². The number of thioether (sulfide) groups is 1. The quantitative estimate of drug-likeness (QED) is 0.269. The van der Waals surface area contributed by atoms with Gasteiger partial charge in [-0.25, -0.2) is 9.59 Å². The lowest BCUT2D eigenvalue weighted by Gasteiger charge is -2.02. The summed E-state index contributed by atoms with van der Waals surface area (Å²) in [7, 11) is 0. The van der Waals surface area contributed by atoms with Crippen LogP contribution in [-0.4, -0.2) is 44.1 Å². The summed E-state index contributed by atoms with van der Waals surface area (Å²) in [4.78, 5) is 23.9. The van der Waals surface area contributed by atoms with Crippen LogP contribution < -0.4 is 20.1 Å². The Kier molecular flexibility index (Phi) is 8.98. The summed E-state index contributed by atoms with van der Waals surface area (Å²) in [5, 5.41) is 23.8. The number of nitrogens with one attached hydrogen (secondary N) is 2. The number of benzene rings is 2. The van der Waals surface area contributed by atoms with Crippen molar-refractivity contribution in [2.24, 2.45) is 0 Å². The Bertz CT molecular complexity index is 1140. The summed E-state index contributed by atoms with van der Waals surface area (Å²) in [6, 6.07) is 17.6. The maximum Gasteiger partial charge on any atom is 0.418 e. The Labute approximate surface area is 213 Å². The van der Waals surface area contributed by atoms with Crippen LogP contribution in [0.1, 0.15) is 10.0 Å². The molecule has 0 bridgehead atoms. The van der Waals surface area contributed by atoms with E-state index in [0.29, 0.717) is 21.8 Å². The van der Waals surface area contributed by atoms with Gasteiger partial charge in [0.25, 0.3) is 0 Å². The minimum Gasteiger partial charge on any atom is -0.410 e. The summed E-state index contributed by atoms with van der Waals surface area (Å²) in [6.07, 6.45) is 0.248. The largest absolute Gasteiger partial charge is 0.418 e. The Morgan fingerprint density at radius 1 is 0.686 bits per heavy atom. The smallest absolute Gasteiger partial charge is 0.410 e. The van der Waals surface area contributed by atoms with E-state index in [1.54, 1.807) is 60.3 Å². The molecular weight excluding hydrogens is 508 g/mol. The summed E-state index contributed by atoms with van der Waals surface area (Å²) < 4.78 is 10.4. The molecule has 2 amide bonds. The number of para-hydroxylation sites is 2. The Morgan fingerprint density at radius 2 is 1.11 bits per heavy atom. The molecule has 0 saturated heterocycles. The number of ether oxygens (including phenoxy) is 2. The molecule has 4 rings (SSSR count). The first kappa shape index (κ1) is 24.6. The molecule has 2 heterocycles. The molecule has 4 aromatic rings. The number of aryl methyl sites for hydroxylation is 2. The van der Waals surface area contributed by atoms with Crippen LogP contribution in [0.2, 0.25) is 0 Å². The number of anilines is 2. The molecule has 2 aromatic carbocycles. The zero-order chi connectivity index (χ0) is 24.3. The predicted molar refractivity (Wildman–Crippen MR) is 137 cm³/mol. The first-order valence-corrected chi connectivity index (χ1v) is 13.2. The molecule has 0 aliphatic carbocycles. The third-order valence-electron chi connectivity index (χ3n) is 4.18. The summed E-state index contributed by atoms with van der Waals surface area (Å²) in [6.45, 7) is 0. The highest BCUT2D eigenvalue weighted by atomic mass is 32.2. The van der Waals surface area contributed by atoms with Crippen molar-refractivity contribution in [2.75, 3.05) is 22.1 Å². The third kappa shape index (κ3) is 8.31. The summed E-state index contributed by atoms with van der Waals surface area (Å²) in [5.74, 6) is 2.60. The van der Waals surface area contributed by atoms with E-state index in [2.05, 4.69) is 31.0 Å². The summed E-state index contributed by atoms with van der Waals surface area (Å²) >= 11 is 4.38. The van der Waals surface area contributed by atoms with Crippen molar-refractivity contribution in [3.63, 3.8) is 0 Å². The van der Waals surface area contributed by atoms with E-state index in [0.717, 1.165) is 34.4 Å². The van der Waals surface area contributed by atoms with Gasteiger partial charge in [0, 0.05) is 12.8 Å². The van der Waals surface area contributed by atoms with E-state index in [4.69, 9.17) is 9.47 Å². The highest BCUT2D eigenvalue weighted by Crippen LogP contribution is 2.20. The van der Waals surface area contributed by atoms with E-state index in [-0.39, 0.29) is 0 Å².